The number of carbonyl (C=O) groups is 1. The second-order valence-electron chi connectivity index (χ2n) is 4.20. The maximum atomic E-state index is 11.0. The van der Waals surface area contributed by atoms with E-state index in [9.17, 15) is 4.79 Å². The van der Waals surface area contributed by atoms with E-state index in [1.54, 1.807) is 22.7 Å². The van der Waals surface area contributed by atoms with Crippen LogP contribution in [0.5, 0.6) is 0 Å². The summed E-state index contributed by atoms with van der Waals surface area (Å²) in [6.45, 7) is 1.99. The molecule has 5 heteroatoms. The van der Waals surface area contributed by atoms with Crippen molar-refractivity contribution in [3.63, 3.8) is 0 Å². The lowest BCUT2D eigenvalue weighted by Gasteiger charge is -2.20. The lowest BCUT2D eigenvalue weighted by atomic mass is 10.1. The fraction of sp³-hybridized carbons (Fsp3) is 0.308. The molecular formula is C13H16N2OS2. The molecular weight excluding hydrogens is 264 g/mol. The van der Waals surface area contributed by atoms with Crippen LogP contribution >= 0.6 is 22.7 Å². The van der Waals surface area contributed by atoms with Gasteiger partial charge in [-0.05, 0) is 29.8 Å². The third-order valence-corrected chi connectivity index (χ3v) is 4.49. The number of thiophene rings is 2. The van der Waals surface area contributed by atoms with Gasteiger partial charge in [-0.2, -0.15) is 0 Å². The number of nitrogens with two attached hydrogens (primary N) is 1. The second-order valence-corrected chi connectivity index (χ2v) is 6.16. The van der Waals surface area contributed by atoms with E-state index in [0.717, 1.165) is 0 Å². The molecule has 0 saturated carbocycles. The van der Waals surface area contributed by atoms with Gasteiger partial charge in [-0.25, -0.2) is 0 Å². The molecule has 3 N–H and O–H groups in total. The van der Waals surface area contributed by atoms with Crippen LogP contribution in [-0.4, -0.2) is 11.9 Å². The van der Waals surface area contributed by atoms with Crippen molar-refractivity contribution in [3.05, 3.63) is 44.8 Å². The molecule has 2 rings (SSSR count). The normalized spacial score (nSPS) is 12.8. The van der Waals surface area contributed by atoms with E-state index in [-0.39, 0.29) is 18.0 Å². The van der Waals surface area contributed by atoms with Gasteiger partial charge in [-0.15, -0.1) is 22.7 Å². The van der Waals surface area contributed by atoms with Crippen molar-refractivity contribution in [1.82, 2.24) is 5.32 Å². The lowest BCUT2D eigenvalue weighted by Crippen LogP contribution is -2.34. The van der Waals surface area contributed by atoms with Crippen LogP contribution in [0.3, 0.4) is 0 Å². The predicted octanol–water partition coefficient (Wildman–Crippen LogP) is 2.75. The third kappa shape index (κ3) is 3.41. The van der Waals surface area contributed by atoms with Gasteiger partial charge in [0, 0.05) is 22.2 Å². The zero-order chi connectivity index (χ0) is 13.0. The molecule has 18 heavy (non-hydrogen) atoms. The van der Waals surface area contributed by atoms with Gasteiger partial charge < -0.3 is 11.1 Å². The average Bonchev–Trinajstić information content (AvgIpc) is 2.98. The first-order valence-electron chi connectivity index (χ1n) is 5.78. The van der Waals surface area contributed by atoms with Crippen molar-refractivity contribution in [1.29, 1.82) is 0 Å². The zero-order valence-corrected chi connectivity index (χ0v) is 11.8. The highest BCUT2D eigenvalue weighted by molar-refractivity contribution is 7.11. The van der Waals surface area contributed by atoms with E-state index in [4.69, 9.17) is 5.73 Å². The van der Waals surface area contributed by atoms with Crippen LogP contribution in [0.15, 0.2) is 35.0 Å². The van der Waals surface area contributed by atoms with Crippen molar-refractivity contribution < 1.29 is 4.79 Å². The van der Waals surface area contributed by atoms with Crippen molar-refractivity contribution in [2.75, 3.05) is 0 Å². The summed E-state index contributed by atoms with van der Waals surface area (Å²) in [4.78, 5) is 13.5. The van der Waals surface area contributed by atoms with Gasteiger partial charge in [0.25, 0.3) is 0 Å². The van der Waals surface area contributed by atoms with Crippen molar-refractivity contribution >= 4 is 28.6 Å². The molecule has 0 saturated heterocycles. The lowest BCUT2D eigenvalue weighted by molar-refractivity contribution is -0.118. The van der Waals surface area contributed by atoms with Gasteiger partial charge in [-0.1, -0.05) is 12.1 Å². The van der Waals surface area contributed by atoms with E-state index >= 15 is 0 Å². The molecule has 2 heterocycles. The summed E-state index contributed by atoms with van der Waals surface area (Å²) in [5.74, 6) is -0.272. The van der Waals surface area contributed by atoms with E-state index in [2.05, 4.69) is 28.2 Å². The quantitative estimate of drug-likeness (QED) is 0.855. The minimum Gasteiger partial charge on any atom is -0.370 e. The molecule has 0 spiro atoms. The Morgan fingerprint density at radius 1 is 1.28 bits per heavy atom. The number of hydrogen-bond donors (Lipinski definition) is 2. The first-order valence-corrected chi connectivity index (χ1v) is 7.54. The molecule has 0 aliphatic carbocycles. The van der Waals surface area contributed by atoms with Crippen molar-refractivity contribution in [2.45, 2.75) is 25.4 Å². The zero-order valence-electron chi connectivity index (χ0n) is 10.1. The Kier molecular flexibility index (Phi) is 4.52. The summed E-state index contributed by atoms with van der Waals surface area (Å²) in [5, 5.41) is 7.60. The summed E-state index contributed by atoms with van der Waals surface area (Å²) in [6, 6.07) is 8.52. The Morgan fingerprint density at radius 2 is 1.83 bits per heavy atom. The van der Waals surface area contributed by atoms with E-state index in [1.807, 2.05) is 19.1 Å². The molecule has 3 nitrogen and oxygen atoms in total. The topological polar surface area (TPSA) is 55.1 Å². The van der Waals surface area contributed by atoms with Gasteiger partial charge in [0.05, 0.1) is 6.04 Å². The van der Waals surface area contributed by atoms with Crippen molar-refractivity contribution in [3.8, 4) is 0 Å². The molecule has 0 aliphatic heterocycles. The molecule has 0 bridgehead atoms. The van der Waals surface area contributed by atoms with Crippen LogP contribution in [0, 0.1) is 0 Å². The molecule has 0 fully saturated rings. The summed E-state index contributed by atoms with van der Waals surface area (Å²) < 4.78 is 0. The smallest absolute Gasteiger partial charge is 0.218 e. The first kappa shape index (κ1) is 13.3. The molecule has 1 atom stereocenters. The van der Waals surface area contributed by atoms with E-state index < -0.39 is 0 Å². The van der Waals surface area contributed by atoms with E-state index in [0.29, 0.717) is 6.42 Å². The van der Waals surface area contributed by atoms with Crippen LogP contribution < -0.4 is 11.1 Å². The van der Waals surface area contributed by atoms with Crippen LogP contribution in [-0.2, 0) is 4.79 Å². The van der Waals surface area contributed by atoms with Crippen LogP contribution in [0.2, 0.25) is 0 Å². The Morgan fingerprint density at radius 3 is 2.22 bits per heavy atom. The van der Waals surface area contributed by atoms with Gasteiger partial charge in [0.1, 0.15) is 0 Å². The fourth-order valence-corrected chi connectivity index (χ4v) is 3.54. The molecule has 1 amide bonds. The highest BCUT2D eigenvalue weighted by atomic mass is 32.1. The first-order chi connectivity index (χ1) is 8.66. The molecule has 2 aromatic rings. The Balaban J connectivity index is 2.14. The highest BCUT2D eigenvalue weighted by Crippen LogP contribution is 2.29. The number of nitrogens with one attached hydrogen (secondary N) is 1. The van der Waals surface area contributed by atoms with Crippen molar-refractivity contribution in [2.24, 2.45) is 5.73 Å². The van der Waals surface area contributed by atoms with Crippen LogP contribution in [0.25, 0.3) is 0 Å². The maximum Gasteiger partial charge on any atom is 0.218 e. The third-order valence-electron chi connectivity index (χ3n) is 2.61. The monoisotopic (exact) mass is 280 g/mol. The summed E-state index contributed by atoms with van der Waals surface area (Å²) >= 11 is 3.44. The largest absolute Gasteiger partial charge is 0.370 e. The molecule has 0 aromatic carbocycles. The predicted molar refractivity (Wildman–Crippen MR) is 76.9 cm³/mol. The Hall–Kier alpha value is -1.17. The van der Waals surface area contributed by atoms with Gasteiger partial charge in [0.2, 0.25) is 5.91 Å². The number of rotatable bonds is 6. The molecule has 0 aliphatic rings. The SMILES string of the molecule is CC(CC(N)=O)NC(c1cccs1)c1cccs1. The maximum absolute atomic E-state index is 11.0. The Bertz CT molecular complexity index is 445. The highest BCUT2D eigenvalue weighted by Gasteiger charge is 2.19. The fourth-order valence-electron chi connectivity index (χ4n) is 1.86. The number of carbonyl (C=O) groups excluding carboxylic acids is 1. The Labute approximate surface area is 115 Å². The second kappa shape index (κ2) is 6.13. The molecule has 0 radical (unpaired) electrons. The number of primary amides is 1. The standard InChI is InChI=1S/C13H16N2OS2/c1-9(8-12(14)16)15-13(10-4-2-6-17-10)11-5-3-7-18-11/h2-7,9,13,15H,8H2,1H3,(H2,14,16). The van der Waals surface area contributed by atoms with Gasteiger partial charge in [-0.3, -0.25) is 4.79 Å². The van der Waals surface area contributed by atoms with E-state index in [1.165, 1.54) is 9.75 Å². The minimum absolute atomic E-state index is 0.0664. The molecule has 2 aromatic heterocycles. The summed E-state index contributed by atoms with van der Waals surface area (Å²) in [5.41, 5.74) is 5.23. The van der Waals surface area contributed by atoms with Crippen LogP contribution in [0.1, 0.15) is 29.1 Å². The number of hydrogen-bond acceptors (Lipinski definition) is 4. The van der Waals surface area contributed by atoms with Gasteiger partial charge in [0.15, 0.2) is 0 Å². The van der Waals surface area contributed by atoms with Crippen LogP contribution in [0.4, 0.5) is 0 Å². The molecule has 1 unspecified atom stereocenters. The van der Waals surface area contributed by atoms with Gasteiger partial charge >= 0.3 is 0 Å². The minimum atomic E-state index is -0.272. The number of amides is 1. The molecule has 96 valence electrons. The average molecular weight is 280 g/mol. The summed E-state index contributed by atoms with van der Waals surface area (Å²) in [7, 11) is 0. The summed E-state index contributed by atoms with van der Waals surface area (Å²) in [6.07, 6.45) is 0.354.